The second-order valence-electron chi connectivity index (χ2n) is 5.25. The van der Waals surface area contributed by atoms with Gasteiger partial charge in [-0.15, -0.1) is 11.3 Å². The van der Waals surface area contributed by atoms with Gasteiger partial charge in [0, 0.05) is 18.0 Å². The number of amides is 1. The molecule has 0 atom stereocenters. The van der Waals surface area contributed by atoms with Crippen molar-refractivity contribution >= 4 is 17.2 Å². The third-order valence-corrected chi connectivity index (χ3v) is 5.20. The van der Waals surface area contributed by atoms with Gasteiger partial charge in [-0.3, -0.25) is 4.79 Å². The predicted octanol–water partition coefficient (Wildman–Crippen LogP) is 2.72. The fourth-order valence-corrected chi connectivity index (χ4v) is 3.97. The van der Waals surface area contributed by atoms with E-state index in [0.29, 0.717) is 6.54 Å². The Kier molecular flexibility index (Phi) is 2.87. The summed E-state index contributed by atoms with van der Waals surface area (Å²) in [7, 11) is 0. The van der Waals surface area contributed by atoms with Crippen LogP contribution in [-0.4, -0.2) is 17.4 Å². The first kappa shape index (κ1) is 11.7. The van der Waals surface area contributed by atoms with Gasteiger partial charge in [-0.1, -0.05) is 12.8 Å². The van der Waals surface area contributed by atoms with Gasteiger partial charge in [-0.05, 0) is 36.3 Å². The highest BCUT2D eigenvalue weighted by Crippen LogP contribution is 2.40. The summed E-state index contributed by atoms with van der Waals surface area (Å²) >= 11 is 1.77. The van der Waals surface area contributed by atoms with Crippen LogP contribution in [0.1, 0.15) is 36.1 Å². The van der Waals surface area contributed by atoms with Crippen LogP contribution in [0.4, 0.5) is 0 Å². The van der Waals surface area contributed by atoms with Gasteiger partial charge < -0.3 is 4.90 Å². The van der Waals surface area contributed by atoms with E-state index in [1.54, 1.807) is 11.3 Å². The average molecular weight is 260 g/mol. The van der Waals surface area contributed by atoms with Crippen molar-refractivity contribution in [2.75, 3.05) is 6.54 Å². The third kappa shape index (κ3) is 1.74. The molecule has 0 bridgehead atoms. The molecule has 1 amide bonds. The van der Waals surface area contributed by atoms with Crippen molar-refractivity contribution in [3.63, 3.8) is 0 Å². The van der Waals surface area contributed by atoms with E-state index in [4.69, 9.17) is 0 Å². The minimum atomic E-state index is -0.715. The van der Waals surface area contributed by atoms with E-state index >= 15 is 0 Å². The van der Waals surface area contributed by atoms with Gasteiger partial charge in [0.1, 0.15) is 5.41 Å². The summed E-state index contributed by atoms with van der Waals surface area (Å²) in [4.78, 5) is 15.9. The lowest BCUT2D eigenvalue weighted by Gasteiger charge is -2.32. The molecule has 1 saturated carbocycles. The maximum atomic E-state index is 12.6. The van der Waals surface area contributed by atoms with Crippen LogP contribution in [0.2, 0.25) is 0 Å². The van der Waals surface area contributed by atoms with Crippen molar-refractivity contribution in [3.8, 4) is 6.07 Å². The average Bonchev–Trinajstić information content (AvgIpc) is 3.06. The predicted molar refractivity (Wildman–Crippen MR) is 70.0 cm³/mol. The number of carbonyl (C=O) groups is 1. The number of nitriles is 1. The Labute approximate surface area is 111 Å². The quantitative estimate of drug-likeness (QED) is 0.779. The van der Waals surface area contributed by atoms with Crippen molar-refractivity contribution in [2.24, 2.45) is 5.41 Å². The number of nitrogens with zero attached hydrogens (tertiary/aromatic N) is 2. The van der Waals surface area contributed by atoms with Crippen molar-refractivity contribution < 1.29 is 4.79 Å². The molecule has 0 unspecified atom stereocenters. The molecule has 1 fully saturated rings. The number of rotatable bonds is 1. The van der Waals surface area contributed by atoms with Gasteiger partial charge in [0.15, 0.2) is 0 Å². The molecule has 0 N–H and O–H groups in total. The Balaban J connectivity index is 1.81. The molecule has 3 nitrogen and oxygen atoms in total. The molecule has 3 rings (SSSR count). The Hall–Kier alpha value is -1.34. The molecule has 0 spiro atoms. The lowest BCUT2D eigenvalue weighted by atomic mass is 9.86. The maximum absolute atomic E-state index is 12.6. The van der Waals surface area contributed by atoms with Crippen molar-refractivity contribution in [1.29, 1.82) is 5.26 Å². The van der Waals surface area contributed by atoms with Crippen LogP contribution in [0.3, 0.4) is 0 Å². The first-order chi connectivity index (χ1) is 8.75. The summed E-state index contributed by atoms with van der Waals surface area (Å²) in [5, 5.41) is 11.5. The second-order valence-corrected chi connectivity index (χ2v) is 6.25. The van der Waals surface area contributed by atoms with E-state index in [1.165, 1.54) is 10.4 Å². The summed E-state index contributed by atoms with van der Waals surface area (Å²) in [6.45, 7) is 1.47. The van der Waals surface area contributed by atoms with E-state index in [0.717, 1.165) is 38.6 Å². The molecule has 2 heterocycles. The first-order valence-corrected chi connectivity index (χ1v) is 7.39. The van der Waals surface area contributed by atoms with Gasteiger partial charge in [0.05, 0.1) is 6.07 Å². The number of fused-ring (bicyclic) bond motifs is 1. The SMILES string of the molecule is N#CC1(C(=O)N2CCc3sccc3C2)CCCC1. The molecule has 1 aromatic heterocycles. The van der Waals surface area contributed by atoms with Crippen LogP contribution in [0.5, 0.6) is 0 Å². The molecule has 0 saturated heterocycles. The largest absolute Gasteiger partial charge is 0.337 e. The van der Waals surface area contributed by atoms with Crippen LogP contribution < -0.4 is 0 Å². The molecular weight excluding hydrogens is 244 g/mol. The zero-order valence-electron chi connectivity index (χ0n) is 10.3. The summed E-state index contributed by atoms with van der Waals surface area (Å²) in [5.41, 5.74) is 0.554. The van der Waals surface area contributed by atoms with Crippen LogP contribution in [0.25, 0.3) is 0 Å². The fourth-order valence-electron chi connectivity index (χ4n) is 3.08. The molecule has 2 aliphatic rings. The van der Waals surface area contributed by atoms with E-state index in [2.05, 4.69) is 17.5 Å². The third-order valence-electron chi connectivity index (χ3n) is 4.18. The minimum absolute atomic E-state index is 0.0688. The lowest BCUT2D eigenvalue weighted by Crippen LogP contribution is -2.44. The van der Waals surface area contributed by atoms with Crippen molar-refractivity contribution in [2.45, 2.75) is 38.6 Å². The fraction of sp³-hybridized carbons (Fsp3) is 0.571. The molecule has 0 aromatic carbocycles. The van der Waals surface area contributed by atoms with Gasteiger partial charge in [-0.25, -0.2) is 0 Å². The normalized spacial score (nSPS) is 21.4. The molecular formula is C14H16N2OS. The Bertz CT molecular complexity index is 508. The zero-order chi connectivity index (χ0) is 12.6. The van der Waals surface area contributed by atoms with Crippen LogP contribution >= 0.6 is 11.3 Å². The Morgan fingerprint density at radius 3 is 2.94 bits per heavy atom. The van der Waals surface area contributed by atoms with Crippen molar-refractivity contribution in [3.05, 3.63) is 21.9 Å². The first-order valence-electron chi connectivity index (χ1n) is 6.51. The Morgan fingerprint density at radius 2 is 2.22 bits per heavy atom. The van der Waals surface area contributed by atoms with Crippen LogP contribution in [0.15, 0.2) is 11.4 Å². The van der Waals surface area contributed by atoms with Gasteiger partial charge >= 0.3 is 0 Å². The molecule has 1 aromatic rings. The number of carbonyl (C=O) groups excluding carboxylic acids is 1. The van der Waals surface area contributed by atoms with Gasteiger partial charge in [-0.2, -0.15) is 5.26 Å². The summed E-state index contributed by atoms with van der Waals surface area (Å²) < 4.78 is 0. The number of hydrogen-bond donors (Lipinski definition) is 0. The van der Waals surface area contributed by atoms with Crippen LogP contribution in [-0.2, 0) is 17.8 Å². The zero-order valence-corrected chi connectivity index (χ0v) is 11.1. The van der Waals surface area contributed by atoms with Gasteiger partial charge in [0.2, 0.25) is 5.91 Å². The highest BCUT2D eigenvalue weighted by molar-refractivity contribution is 7.10. The number of thiophene rings is 1. The maximum Gasteiger partial charge on any atom is 0.243 e. The lowest BCUT2D eigenvalue weighted by molar-refractivity contribution is -0.139. The molecule has 18 heavy (non-hydrogen) atoms. The van der Waals surface area contributed by atoms with E-state index in [9.17, 15) is 10.1 Å². The van der Waals surface area contributed by atoms with E-state index in [-0.39, 0.29) is 5.91 Å². The molecule has 4 heteroatoms. The molecule has 0 radical (unpaired) electrons. The smallest absolute Gasteiger partial charge is 0.243 e. The Morgan fingerprint density at radius 1 is 1.44 bits per heavy atom. The second kappa shape index (κ2) is 4.40. The monoisotopic (exact) mass is 260 g/mol. The standard InChI is InChI=1S/C14H16N2OS/c15-10-14(5-1-2-6-14)13(17)16-7-3-12-11(9-16)4-8-18-12/h4,8H,1-3,5-7,9H2. The summed E-state index contributed by atoms with van der Waals surface area (Å²) in [5.74, 6) is 0.0688. The molecule has 1 aliphatic carbocycles. The van der Waals surface area contributed by atoms with Crippen LogP contribution in [0, 0.1) is 16.7 Å². The van der Waals surface area contributed by atoms with E-state index in [1.807, 2.05) is 4.90 Å². The van der Waals surface area contributed by atoms with E-state index < -0.39 is 5.41 Å². The summed E-state index contributed by atoms with van der Waals surface area (Å²) in [6.07, 6.45) is 4.46. The highest BCUT2D eigenvalue weighted by atomic mass is 32.1. The van der Waals surface area contributed by atoms with Gasteiger partial charge in [0.25, 0.3) is 0 Å². The highest BCUT2D eigenvalue weighted by Gasteiger charge is 2.44. The topological polar surface area (TPSA) is 44.1 Å². The number of hydrogen-bond acceptors (Lipinski definition) is 3. The molecule has 1 aliphatic heterocycles. The molecule has 94 valence electrons. The summed E-state index contributed by atoms with van der Waals surface area (Å²) in [6, 6.07) is 4.41. The van der Waals surface area contributed by atoms with Crippen molar-refractivity contribution in [1.82, 2.24) is 4.90 Å². The minimum Gasteiger partial charge on any atom is -0.337 e.